The first-order chi connectivity index (χ1) is 15.0. The maximum absolute atomic E-state index is 13.7. The Morgan fingerprint density at radius 1 is 1.12 bits per heavy atom. The summed E-state index contributed by atoms with van der Waals surface area (Å²) in [5, 5.41) is 3.23. The van der Waals surface area contributed by atoms with Crippen LogP contribution in [0.5, 0.6) is 0 Å². The van der Waals surface area contributed by atoms with Gasteiger partial charge in [0.05, 0.1) is 11.9 Å². The maximum Gasteiger partial charge on any atom is 0.244 e. The molecule has 1 N–H and O–H groups in total. The van der Waals surface area contributed by atoms with E-state index in [1.165, 1.54) is 24.0 Å². The Hall–Kier alpha value is -2.36. The monoisotopic (exact) mass is 503 g/mol. The number of benzene rings is 2. The second-order valence-electron chi connectivity index (χ2n) is 7.04. The smallest absolute Gasteiger partial charge is 0.244 e. The van der Waals surface area contributed by atoms with E-state index in [-0.39, 0.29) is 12.2 Å². The minimum atomic E-state index is -3.94. The number of sulfonamides is 1. The third-order valence-corrected chi connectivity index (χ3v) is 6.53. The van der Waals surface area contributed by atoms with Crippen molar-refractivity contribution >= 4 is 50.7 Å². The Morgan fingerprint density at radius 3 is 2.25 bits per heavy atom. The lowest BCUT2D eigenvalue weighted by atomic mass is 10.1. The van der Waals surface area contributed by atoms with Crippen molar-refractivity contribution in [3.63, 3.8) is 0 Å². The van der Waals surface area contributed by atoms with E-state index in [2.05, 4.69) is 5.32 Å². The van der Waals surface area contributed by atoms with E-state index in [1.807, 2.05) is 0 Å². The zero-order valence-corrected chi connectivity index (χ0v) is 20.1. The standard InChI is InChI=1S/C21H24Cl2FN3O4S/c1-4-25-21(29)14(2)26(12-17-18(22)9-6-10-19(17)23)20(28)13-27(32(3,30)31)16-8-5-7-15(24)11-16/h5-11,14H,4,12-13H2,1-3H3,(H,25,29)/t14-/m0/s1. The molecule has 1 atom stereocenters. The fourth-order valence-corrected chi connectivity index (χ4v) is 4.36. The maximum atomic E-state index is 13.7. The van der Waals surface area contributed by atoms with Gasteiger partial charge in [-0.05, 0) is 44.2 Å². The Kier molecular flexibility index (Phi) is 8.89. The Bertz CT molecular complexity index is 1080. The minimum Gasteiger partial charge on any atom is -0.355 e. The lowest BCUT2D eigenvalue weighted by Crippen LogP contribution is -2.51. The zero-order chi connectivity index (χ0) is 24.1. The molecule has 0 bridgehead atoms. The fourth-order valence-electron chi connectivity index (χ4n) is 3.00. The molecule has 7 nitrogen and oxygen atoms in total. The minimum absolute atomic E-state index is 0.0118. The van der Waals surface area contributed by atoms with E-state index in [0.29, 0.717) is 22.2 Å². The highest BCUT2D eigenvalue weighted by atomic mass is 35.5. The van der Waals surface area contributed by atoms with Gasteiger partial charge in [0.2, 0.25) is 21.8 Å². The first kappa shape index (κ1) is 25.9. The number of carbonyl (C=O) groups excluding carboxylic acids is 2. The van der Waals surface area contributed by atoms with Crippen molar-refractivity contribution in [1.29, 1.82) is 0 Å². The van der Waals surface area contributed by atoms with E-state index in [9.17, 15) is 22.4 Å². The molecule has 2 rings (SSSR count). The molecule has 0 radical (unpaired) electrons. The first-order valence-electron chi connectivity index (χ1n) is 9.69. The molecule has 174 valence electrons. The van der Waals surface area contributed by atoms with Crippen LogP contribution < -0.4 is 9.62 Å². The Labute approximate surface area is 197 Å². The van der Waals surface area contributed by atoms with Crippen LogP contribution in [0.2, 0.25) is 10.0 Å². The van der Waals surface area contributed by atoms with Gasteiger partial charge >= 0.3 is 0 Å². The van der Waals surface area contributed by atoms with E-state index in [0.717, 1.165) is 22.7 Å². The second-order valence-corrected chi connectivity index (χ2v) is 9.76. The molecular formula is C21H24Cl2FN3O4S. The summed E-state index contributed by atoms with van der Waals surface area (Å²) in [7, 11) is -3.94. The van der Waals surface area contributed by atoms with Gasteiger partial charge in [-0.3, -0.25) is 13.9 Å². The highest BCUT2D eigenvalue weighted by Gasteiger charge is 2.30. The van der Waals surface area contributed by atoms with Crippen LogP contribution >= 0.6 is 23.2 Å². The molecule has 0 heterocycles. The number of hydrogen-bond donors (Lipinski definition) is 1. The van der Waals surface area contributed by atoms with Crippen LogP contribution in [0.4, 0.5) is 10.1 Å². The molecule has 0 aliphatic heterocycles. The van der Waals surface area contributed by atoms with Crippen LogP contribution in [-0.4, -0.2) is 50.5 Å². The van der Waals surface area contributed by atoms with Crippen molar-refractivity contribution in [3.05, 3.63) is 63.9 Å². The van der Waals surface area contributed by atoms with Gasteiger partial charge in [-0.25, -0.2) is 12.8 Å². The number of halogens is 3. The molecule has 2 aromatic carbocycles. The molecule has 0 spiro atoms. The van der Waals surface area contributed by atoms with Gasteiger partial charge in [-0.1, -0.05) is 35.3 Å². The predicted octanol–water partition coefficient (Wildman–Crippen LogP) is 3.45. The molecular weight excluding hydrogens is 480 g/mol. The summed E-state index contributed by atoms with van der Waals surface area (Å²) in [6, 6.07) is 8.76. The topological polar surface area (TPSA) is 86.8 Å². The summed E-state index contributed by atoms with van der Waals surface area (Å²) in [5.41, 5.74) is 0.402. The summed E-state index contributed by atoms with van der Waals surface area (Å²) >= 11 is 12.5. The zero-order valence-electron chi connectivity index (χ0n) is 17.8. The van der Waals surface area contributed by atoms with Crippen molar-refractivity contribution in [3.8, 4) is 0 Å². The summed E-state index contributed by atoms with van der Waals surface area (Å²) < 4.78 is 39.3. The molecule has 0 saturated heterocycles. The molecule has 0 saturated carbocycles. The predicted molar refractivity (Wildman–Crippen MR) is 124 cm³/mol. The number of rotatable bonds is 9. The normalized spacial score (nSPS) is 12.2. The average molecular weight is 504 g/mol. The second kappa shape index (κ2) is 11.0. The van der Waals surface area contributed by atoms with Crippen LogP contribution in [0.3, 0.4) is 0 Å². The fraction of sp³-hybridized carbons (Fsp3) is 0.333. The molecule has 0 aromatic heterocycles. The molecule has 0 unspecified atom stereocenters. The molecule has 0 aliphatic rings. The van der Waals surface area contributed by atoms with Crippen molar-refractivity contribution in [2.24, 2.45) is 0 Å². The van der Waals surface area contributed by atoms with E-state index in [4.69, 9.17) is 23.2 Å². The average Bonchev–Trinajstić information content (AvgIpc) is 2.70. The summed E-state index contributed by atoms with van der Waals surface area (Å²) in [5.74, 6) is -1.77. The van der Waals surface area contributed by atoms with Crippen molar-refractivity contribution in [2.45, 2.75) is 26.4 Å². The largest absolute Gasteiger partial charge is 0.355 e. The highest BCUT2D eigenvalue weighted by molar-refractivity contribution is 7.92. The van der Waals surface area contributed by atoms with E-state index < -0.39 is 40.2 Å². The van der Waals surface area contributed by atoms with Gasteiger partial charge < -0.3 is 10.2 Å². The van der Waals surface area contributed by atoms with Gasteiger partial charge in [0, 0.05) is 28.7 Å². The number of amides is 2. The van der Waals surface area contributed by atoms with E-state index in [1.54, 1.807) is 25.1 Å². The van der Waals surface area contributed by atoms with Crippen molar-refractivity contribution in [1.82, 2.24) is 10.2 Å². The van der Waals surface area contributed by atoms with Crippen LogP contribution in [0.15, 0.2) is 42.5 Å². The number of nitrogens with one attached hydrogen (secondary N) is 1. The molecule has 0 aliphatic carbocycles. The van der Waals surface area contributed by atoms with Gasteiger partial charge in [-0.2, -0.15) is 0 Å². The summed E-state index contributed by atoms with van der Waals surface area (Å²) in [4.78, 5) is 27.0. The van der Waals surface area contributed by atoms with Crippen molar-refractivity contribution in [2.75, 3.05) is 23.7 Å². The molecule has 0 fully saturated rings. The van der Waals surface area contributed by atoms with Crippen molar-refractivity contribution < 1.29 is 22.4 Å². The number of likely N-dealkylation sites (N-methyl/N-ethyl adjacent to an activating group) is 1. The first-order valence-corrected chi connectivity index (χ1v) is 12.3. The van der Waals surface area contributed by atoms with Gasteiger partial charge in [-0.15, -0.1) is 0 Å². The number of hydrogen-bond acceptors (Lipinski definition) is 4. The molecule has 32 heavy (non-hydrogen) atoms. The van der Waals surface area contributed by atoms with E-state index >= 15 is 0 Å². The van der Waals surface area contributed by atoms with Gasteiger partial charge in [0.15, 0.2) is 0 Å². The Morgan fingerprint density at radius 2 is 1.72 bits per heavy atom. The number of carbonyl (C=O) groups is 2. The summed E-state index contributed by atoms with van der Waals surface area (Å²) in [6.07, 6.45) is 0.910. The highest BCUT2D eigenvalue weighted by Crippen LogP contribution is 2.27. The molecule has 11 heteroatoms. The lowest BCUT2D eigenvalue weighted by Gasteiger charge is -2.31. The quantitative estimate of drug-likeness (QED) is 0.567. The van der Waals surface area contributed by atoms with Gasteiger partial charge in [0.25, 0.3) is 0 Å². The SMILES string of the molecule is CCNC(=O)[C@H](C)N(Cc1c(Cl)cccc1Cl)C(=O)CN(c1cccc(F)c1)S(C)(=O)=O. The number of anilines is 1. The van der Waals surface area contributed by atoms with Crippen LogP contribution in [0, 0.1) is 5.82 Å². The molecule has 2 amide bonds. The number of nitrogens with zero attached hydrogens (tertiary/aromatic N) is 2. The van der Waals surface area contributed by atoms with Crippen LogP contribution in [0.25, 0.3) is 0 Å². The third-order valence-electron chi connectivity index (χ3n) is 4.68. The Balaban J connectivity index is 2.44. The molecule has 2 aromatic rings. The third kappa shape index (κ3) is 6.57. The summed E-state index contributed by atoms with van der Waals surface area (Å²) in [6.45, 7) is 2.82. The lowest BCUT2D eigenvalue weighted by molar-refractivity contribution is -0.139. The van der Waals surface area contributed by atoms with Crippen LogP contribution in [-0.2, 0) is 26.2 Å². The van der Waals surface area contributed by atoms with Gasteiger partial charge in [0.1, 0.15) is 18.4 Å². The van der Waals surface area contributed by atoms with Crippen LogP contribution in [0.1, 0.15) is 19.4 Å².